The zero-order valence-corrected chi connectivity index (χ0v) is 10.1. The molecule has 1 saturated carbocycles. The van der Waals surface area contributed by atoms with Crippen LogP contribution >= 0.6 is 0 Å². The van der Waals surface area contributed by atoms with E-state index in [4.69, 9.17) is 0 Å². The summed E-state index contributed by atoms with van der Waals surface area (Å²) in [5.74, 6) is 0. The lowest BCUT2D eigenvalue weighted by molar-refractivity contribution is -0.137. The van der Waals surface area contributed by atoms with Crippen LogP contribution in [0.1, 0.15) is 42.9 Å². The van der Waals surface area contributed by atoms with Gasteiger partial charge in [-0.25, -0.2) is 0 Å². The molecule has 0 aromatic heterocycles. The highest BCUT2D eigenvalue weighted by Crippen LogP contribution is 2.52. The van der Waals surface area contributed by atoms with Crippen LogP contribution in [0.4, 0.5) is 13.2 Å². The second-order valence-electron chi connectivity index (χ2n) is 5.59. The predicted molar refractivity (Wildman–Crippen MR) is 63.1 cm³/mol. The van der Waals surface area contributed by atoms with E-state index in [0.29, 0.717) is 5.41 Å². The summed E-state index contributed by atoms with van der Waals surface area (Å²) in [6.07, 6.45) is 0.604. The van der Waals surface area contributed by atoms with E-state index in [1.807, 2.05) is 0 Å². The van der Waals surface area contributed by atoms with Crippen molar-refractivity contribution in [2.75, 3.05) is 6.54 Å². The highest BCUT2D eigenvalue weighted by Gasteiger charge is 2.44. The lowest BCUT2D eigenvalue weighted by atomic mass is 9.88. The first-order chi connectivity index (χ1) is 8.49. The molecule has 1 unspecified atom stereocenters. The summed E-state index contributed by atoms with van der Waals surface area (Å²) >= 11 is 0. The Labute approximate surface area is 104 Å². The van der Waals surface area contributed by atoms with Crippen LogP contribution in [0, 0.1) is 5.41 Å². The average molecular weight is 255 g/mol. The van der Waals surface area contributed by atoms with Gasteiger partial charge in [-0.2, -0.15) is 13.2 Å². The molecule has 0 amide bonds. The summed E-state index contributed by atoms with van der Waals surface area (Å²) in [5, 5.41) is 3.47. The molecule has 4 heteroatoms. The quantitative estimate of drug-likeness (QED) is 0.802. The molecule has 1 N–H and O–H groups in total. The number of rotatable bonds is 1. The maximum atomic E-state index is 12.5. The van der Waals surface area contributed by atoms with Gasteiger partial charge in [-0.15, -0.1) is 0 Å². The molecule has 3 rings (SSSR count). The third kappa shape index (κ3) is 2.26. The van der Waals surface area contributed by atoms with Crippen molar-refractivity contribution < 1.29 is 13.2 Å². The number of benzene rings is 1. The van der Waals surface area contributed by atoms with Crippen molar-refractivity contribution in [3.05, 3.63) is 35.4 Å². The van der Waals surface area contributed by atoms with E-state index in [1.54, 1.807) is 12.1 Å². The SMILES string of the molecule is FC(F)(F)c1ccc(C2CCC3(CC3)CN2)cc1. The first-order valence-electron chi connectivity index (χ1n) is 6.39. The number of alkyl halides is 3. The van der Waals surface area contributed by atoms with E-state index < -0.39 is 11.7 Å². The van der Waals surface area contributed by atoms with Crippen LogP contribution in [-0.4, -0.2) is 6.54 Å². The van der Waals surface area contributed by atoms with E-state index >= 15 is 0 Å². The lowest BCUT2D eigenvalue weighted by Gasteiger charge is -2.30. The molecule has 98 valence electrons. The van der Waals surface area contributed by atoms with Gasteiger partial charge >= 0.3 is 6.18 Å². The first kappa shape index (κ1) is 12.0. The van der Waals surface area contributed by atoms with E-state index in [2.05, 4.69) is 5.32 Å². The fraction of sp³-hybridized carbons (Fsp3) is 0.571. The van der Waals surface area contributed by atoms with E-state index in [1.165, 1.54) is 31.4 Å². The third-order valence-electron chi connectivity index (χ3n) is 4.28. The molecule has 0 radical (unpaired) electrons. The maximum absolute atomic E-state index is 12.5. The normalized spacial score (nSPS) is 26.3. The summed E-state index contributed by atoms with van der Waals surface area (Å²) in [5.41, 5.74) is 0.932. The third-order valence-corrected chi connectivity index (χ3v) is 4.28. The Hall–Kier alpha value is -1.03. The molecule has 1 atom stereocenters. The minimum Gasteiger partial charge on any atom is -0.309 e. The average Bonchev–Trinajstić information content (AvgIpc) is 3.09. The van der Waals surface area contributed by atoms with Crippen molar-refractivity contribution >= 4 is 0 Å². The van der Waals surface area contributed by atoms with Gasteiger partial charge in [0.25, 0.3) is 0 Å². The minimum atomic E-state index is -4.24. The molecule has 1 aliphatic carbocycles. The lowest BCUT2D eigenvalue weighted by Crippen LogP contribution is -2.34. The number of piperidine rings is 1. The number of hydrogen-bond acceptors (Lipinski definition) is 1. The zero-order chi connectivity index (χ0) is 12.8. The first-order valence-corrected chi connectivity index (χ1v) is 6.39. The molecule has 1 aromatic rings. The van der Waals surface area contributed by atoms with Crippen LogP contribution in [-0.2, 0) is 6.18 Å². The molecule has 1 saturated heterocycles. The van der Waals surface area contributed by atoms with Crippen molar-refractivity contribution in [1.82, 2.24) is 5.32 Å². The minimum absolute atomic E-state index is 0.221. The number of nitrogens with one attached hydrogen (secondary N) is 1. The molecule has 1 heterocycles. The summed E-state index contributed by atoms with van der Waals surface area (Å²) in [6, 6.07) is 5.78. The van der Waals surface area contributed by atoms with Crippen LogP contribution in [0.5, 0.6) is 0 Å². The Kier molecular flexibility index (Phi) is 2.66. The van der Waals surface area contributed by atoms with Crippen molar-refractivity contribution in [3.63, 3.8) is 0 Å². The standard InChI is InChI=1S/C14H16F3N/c15-14(16,17)11-3-1-10(2-4-11)12-5-6-13(7-8-13)9-18-12/h1-4,12,18H,5-9H2. The Morgan fingerprint density at radius 1 is 1.06 bits per heavy atom. The second kappa shape index (κ2) is 3.98. The molecule has 1 nitrogen and oxygen atoms in total. The van der Waals surface area contributed by atoms with Gasteiger partial charge in [0.1, 0.15) is 0 Å². The summed E-state index contributed by atoms with van der Waals surface area (Å²) in [4.78, 5) is 0. The van der Waals surface area contributed by atoms with Gasteiger partial charge < -0.3 is 5.32 Å². The fourth-order valence-electron chi connectivity index (χ4n) is 2.77. The van der Waals surface area contributed by atoms with Gasteiger partial charge in [0.05, 0.1) is 5.56 Å². The van der Waals surface area contributed by atoms with Gasteiger partial charge in [-0.3, -0.25) is 0 Å². The monoisotopic (exact) mass is 255 g/mol. The van der Waals surface area contributed by atoms with Gasteiger partial charge in [-0.05, 0) is 48.8 Å². The van der Waals surface area contributed by atoms with Gasteiger partial charge in [0.15, 0.2) is 0 Å². The van der Waals surface area contributed by atoms with E-state index in [-0.39, 0.29) is 6.04 Å². The van der Waals surface area contributed by atoms with E-state index in [9.17, 15) is 13.2 Å². The smallest absolute Gasteiger partial charge is 0.309 e. The molecular formula is C14H16F3N. The topological polar surface area (TPSA) is 12.0 Å². The molecular weight excluding hydrogens is 239 g/mol. The highest BCUT2D eigenvalue weighted by molar-refractivity contribution is 5.27. The summed E-state index contributed by atoms with van der Waals surface area (Å²) in [6.45, 7) is 1.01. The van der Waals surface area contributed by atoms with Crippen molar-refractivity contribution in [1.29, 1.82) is 0 Å². The van der Waals surface area contributed by atoms with Crippen LogP contribution in [0.3, 0.4) is 0 Å². The van der Waals surface area contributed by atoms with Crippen LogP contribution in [0.25, 0.3) is 0 Å². The Balaban J connectivity index is 1.69. The molecule has 2 fully saturated rings. The molecule has 0 bridgehead atoms. The van der Waals surface area contributed by atoms with Crippen molar-refractivity contribution in [3.8, 4) is 0 Å². The van der Waals surface area contributed by atoms with Gasteiger partial charge in [-0.1, -0.05) is 12.1 Å². The predicted octanol–water partition coefficient (Wildman–Crippen LogP) is 3.91. The van der Waals surface area contributed by atoms with E-state index in [0.717, 1.165) is 18.5 Å². The maximum Gasteiger partial charge on any atom is 0.416 e. The van der Waals surface area contributed by atoms with Crippen LogP contribution < -0.4 is 5.32 Å². The fourth-order valence-corrected chi connectivity index (χ4v) is 2.77. The Morgan fingerprint density at radius 2 is 1.72 bits per heavy atom. The van der Waals surface area contributed by atoms with Crippen LogP contribution in [0.2, 0.25) is 0 Å². The highest BCUT2D eigenvalue weighted by atomic mass is 19.4. The molecule has 2 aliphatic rings. The zero-order valence-electron chi connectivity index (χ0n) is 10.1. The second-order valence-corrected chi connectivity index (χ2v) is 5.59. The van der Waals surface area contributed by atoms with Crippen molar-refractivity contribution in [2.45, 2.75) is 37.9 Å². The summed E-state index contributed by atoms with van der Waals surface area (Å²) < 4.78 is 37.4. The molecule has 18 heavy (non-hydrogen) atoms. The Morgan fingerprint density at radius 3 is 2.17 bits per heavy atom. The molecule has 1 spiro atoms. The van der Waals surface area contributed by atoms with Crippen molar-refractivity contribution in [2.24, 2.45) is 5.41 Å². The molecule has 1 aliphatic heterocycles. The van der Waals surface area contributed by atoms with Gasteiger partial charge in [0, 0.05) is 12.6 Å². The van der Waals surface area contributed by atoms with Crippen LogP contribution in [0.15, 0.2) is 24.3 Å². The number of halogens is 3. The number of hydrogen-bond donors (Lipinski definition) is 1. The summed E-state index contributed by atoms with van der Waals surface area (Å²) in [7, 11) is 0. The molecule has 1 aromatic carbocycles. The largest absolute Gasteiger partial charge is 0.416 e. The Bertz CT molecular complexity index is 421. The van der Waals surface area contributed by atoms with Gasteiger partial charge in [0.2, 0.25) is 0 Å².